The number of hydrogen-bond donors (Lipinski definition) is 4. The first-order valence-electron chi connectivity index (χ1n) is 7.91. The maximum Gasteiger partial charge on any atom is 0.0403 e. The third kappa shape index (κ3) is 4.17. The SMILES string of the molecule is Nc1ccc(N)c(-c2cccs2)c1.Nc1ccc(N)c(-c2ccsc2)c1. The van der Waals surface area contributed by atoms with E-state index in [0.29, 0.717) is 0 Å². The highest BCUT2D eigenvalue weighted by atomic mass is 32.1. The zero-order valence-corrected chi connectivity index (χ0v) is 15.7. The molecule has 0 bridgehead atoms. The Morgan fingerprint density at radius 3 is 1.88 bits per heavy atom. The Kier molecular flexibility index (Phi) is 5.46. The molecule has 0 fully saturated rings. The molecule has 0 saturated carbocycles. The second-order valence-corrected chi connectivity index (χ2v) is 7.41. The van der Waals surface area contributed by atoms with Crippen LogP contribution in [0.5, 0.6) is 0 Å². The van der Waals surface area contributed by atoms with Gasteiger partial charge >= 0.3 is 0 Å². The monoisotopic (exact) mass is 380 g/mol. The van der Waals surface area contributed by atoms with E-state index in [1.165, 1.54) is 0 Å². The Labute approximate surface area is 160 Å². The molecule has 4 aromatic rings. The van der Waals surface area contributed by atoms with E-state index in [1.807, 2.05) is 65.4 Å². The molecule has 4 rings (SSSR count). The van der Waals surface area contributed by atoms with Crippen LogP contribution in [0.4, 0.5) is 22.7 Å². The highest BCUT2D eigenvalue weighted by Gasteiger charge is 2.03. The molecule has 2 aromatic heterocycles. The van der Waals surface area contributed by atoms with Crippen molar-refractivity contribution < 1.29 is 0 Å². The Balaban J connectivity index is 0.000000151. The van der Waals surface area contributed by atoms with Gasteiger partial charge in [-0.25, -0.2) is 0 Å². The molecule has 0 atom stereocenters. The maximum atomic E-state index is 5.83. The predicted octanol–water partition coefficient (Wildman–Crippen LogP) is 5.16. The summed E-state index contributed by atoms with van der Waals surface area (Å²) in [5.41, 5.74) is 29.2. The van der Waals surface area contributed by atoms with Crippen molar-refractivity contribution in [2.45, 2.75) is 0 Å². The van der Waals surface area contributed by atoms with Gasteiger partial charge in [-0.2, -0.15) is 11.3 Å². The standard InChI is InChI=1S/2C10H10N2S/c11-8-1-2-10(12)9(5-8)7-3-4-13-6-7;11-7-3-4-9(12)8(6-7)10-2-1-5-13-10/h2*1-6H,11-12H2. The lowest BCUT2D eigenvalue weighted by Gasteiger charge is -2.03. The van der Waals surface area contributed by atoms with Crippen LogP contribution in [0.3, 0.4) is 0 Å². The van der Waals surface area contributed by atoms with Crippen LogP contribution >= 0.6 is 22.7 Å². The Hall–Kier alpha value is -2.96. The highest BCUT2D eigenvalue weighted by molar-refractivity contribution is 7.13. The molecular formula is C20H20N4S2. The van der Waals surface area contributed by atoms with E-state index in [0.717, 1.165) is 44.3 Å². The van der Waals surface area contributed by atoms with Crippen LogP contribution in [0.2, 0.25) is 0 Å². The lowest BCUT2D eigenvalue weighted by molar-refractivity contribution is 1.64. The first-order chi connectivity index (χ1) is 12.5. The Morgan fingerprint density at radius 2 is 1.31 bits per heavy atom. The summed E-state index contributed by atoms with van der Waals surface area (Å²) in [6.07, 6.45) is 0. The van der Waals surface area contributed by atoms with Crippen LogP contribution in [0.1, 0.15) is 0 Å². The van der Waals surface area contributed by atoms with E-state index in [2.05, 4.69) is 5.38 Å². The molecule has 0 saturated heterocycles. The Bertz CT molecular complexity index is 895. The van der Waals surface area contributed by atoms with Gasteiger partial charge in [-0.3, -0.25) is 0 Å². The van der Waals surface area contributed by atoms with Crippen LogP contribution < -0.4 is 22.9 Å². The van der Waals surface area contributed by atoms with Crippen molar-refractivity contribution in [1.82, 2.24) is 0 Å². The molecule has 4 nitrogen and oxygen atoms in total. The molecular weight excluding hydrogens is 360 g/mol. The molecule has 0 spiro atoms. The normalized spacial score (nSPS) is 10.2. The van der Waals surface area contributed by atoms with Crippen molar-refractivity contribution in [3.8, 4) is 21.6 Å². The van der Waals surface area contributed by atoms with Crippen molar-refractivity contribution in [2.75, 3.05) is 22.9 Å². The molecule has 8 N–H and O–H groups in total. The summed E-state index contributed by atoms with van der Waals surface area (Å²) < 4.78 is 0. The fraction of sp³-hybridized carbons (Fsp3) is 0. The van der Waals surface area contributed by atoms with Crippen LogP contribution in [-0.2, 0) is 0 Å². The van der Waals surface area contributed by atoms with E-state index >= 15 is 0 Å². The van der Waals surface area contributed by atoms with Crippen molar-refractivity contribution >= 4 is 45.4 Å². The molecule has 0 unspecified atom stereocenters. The summed E-state index contributed by atoms with van der Waals surface area (Å²) >= 11 is 3.32. The lowest BCUT2D eigenvalue weighted by Crippen LogP contribution is -1.91. The third-order valence-electron chi connectivity index (χ3n) is 3.77. The Morgan fingerprint density at radius 1 is 0.654 bits per heavy atom. The van der Waals surface area contributed by atoms with Crippen LogP contribution in [0.25, 0.3) is 21.6 Å². The molecule has 26 heavy (non-hydrogen) atoms. The van der Waals surface area contributed by atoms with Gasteiger partial charge in [-0.1, -0.05) is 6.07 Å². The van der Waals surface area contributed by atoms with Gasteiger partial charge in [0.25, 0.3) is 0 Å². The average molecular weight is 381 g/mol. The van der Waals surface area contributed by atoms with E-state index in [-0.39, 0.29) is 0 Å². The molecule has 0 radical (unpaired) electrons. The van der Waals surface area contributed by atoms with Crippen molar-refractivity contribution in [2.24, 2.45) is 0 Å². The van der Waals surface area contributed by atoms with Crippen LogP contribution in [-0.4, -0.2) is 0 Å². The zero-order valence-electron chi connectivity index (χ0n) is 14.1. The van der Waals surface area contributed by atoms with Gasteiger partial charge in [-0.05, 0) is 70.2 Å². The maximum absolute atomic E-state index is 5.83. The van der Waals surface area contributed by atoms with Gasteiger partial charge in [0, 0.05) is 38.8 Å². The lowest BCUT2D eigenvalue weighted by atomic mass is 10.1. The summed E-state index contributed by atoms with van der Waals surface area (Å²) in [7, 11) is 0. The molecule has 0 aliphatic rings. The molecule has 0 aliphatic carbocycles. The number of nitrogens with two attached hydrogens (primary N) is 4. The van der Waals surface area contributed by atoms with Crippen molar-refractivity contribution in [1.29, 1.82) is 0 Å². The van der Waals surface area contributed by atoms with E-state index in [9.17, 15) is 0 Å². The summed E-state index contributed by atoms with van der Waals surface area (Å²) in [6.45, 7) is 0. The minimum atomic E-state index is 0.746. The fourth-order valence-corrected chi connectivity index (χ4v) is 3.88. The molecule has 132 valence electrons. The number of nitrogen functional groups attached to an aromatic ring is 4. The molecule has 2 heterocycles. The number of thiophene rings is 2. The minimum absolute atomic E-state index is 0.746. The smallest absolute Gasteiger partial charge is 0.0403 e. The van der Waals surface area contributed by atoms with Gasteiger partial charge in [0.15, 0.2) is 0 Å². The topological polar surface area (TPSA) is 104 Å². The molecule has 6 heteroatoms. The van der Waals surface area contributed by atoms with Gasteiger partial charge < -0.3 is 22.9 Å². The number of hydrogen-bond acceptors (Lipinski definition) is 6. The second kappa shape index (κ2) is 7.95. The van der Waals surface area contributed by atoms with Crippen LogP contribution in [0, 0.1) is 0 Å². The van der Waals surface area contributed by atoms with E-state index in [1.54, 1.807) is 22.7 Å². The first-order valence-corrected chi connectivity index (χ1v) is 9.73. The quantitative estimate of drug-likeness (QED) is 0.361. The van der Waals surface area contributed by atoms with Crippen molar-refractivity contribution in [3.05, 3.63) is 70.7 Å². The summed E-state index contributed by atoms with van der Waals surface area (Å²) in [5.74, 6) is 0. The molecule has 0 amide bonds. The fourth-order valence-electron chi connectivity index (χ4n) is 2.46. The van der Waals surface area contributed by atoms with Gasteiger partial charge in [0.1, 0.15) is 0 Å². The largest absolute Gasteiger partial charge is 0.399 e. The van der Waals surface area contributed by atoms with Crippen molar-refractivity contribution in [3.63, 3.8) is 0 Å². The number of anilines is 4. The molecule has 2 aromatic carbocycles. The average Bonchev–Trinajstić information content (AvgIpc) is 3.33. The number of rotatable bonds is 2. The zero-order chi connectivity index (χ0) is 18.5. The van der Waals surface area contributed by atoms with E-state index in [4.69, 9.17) is 22.9 Å². The highest BCUT2D eigenvalue weighted by Crippen LogP contribution is 2.31. The predicted molar refractivity (Wildman–Crippen MR) is 117 cm³/mol. The summed E-state index contributed by atoms with van der Waals surface area (Å²) in [5, 5.41) is 6.11. The van der Waals surface area contributed by atoms with E-state index < -0.39 is 0 Å². The van der Waals surface area contributed by atoms with Crippen LogP contribution in [0.15, 0.2) is 70.7 Å². The summed E-state index contributed by atoms with van der Waals surface area (Å²) in [4.78, 5) is 1.16. The molecule has 0 aliphatic heterocycles. The van der Waals surface area contributed by atoms with Gasteiger partial charge in [0.05, 0.1) is 0 Å². The first kappa shape index (κ1) is 17.8. The second-order valence-electron chi connectivity index (χ2n) is 5.68. The van der Waals surface area contributed by atoms with Gasteiger partial charge in [-0.15, -0.1) is 11.3 Å². The number of benzene rings is 2. The summed E-state index contributed by atoms with van der Waals surface area (Å²) in [6, 6.07) is 17.2. The third-order valence-corrected chi connectivity index (χ3v) is 5.36. The van der Waals surface area contributed by atoms with Gasteiger partial charge in [0.2, 0.25) is 0 Å². The minimum Gasteiger partial charge on any atom is -0.399 e.